The molecule has 5 heteroatoms. The van der Waals surface area contributed by atoms with Crippen LogP contribution in [0.1, 0.15) is 18.5 Å². The van der Waals surface area contributed by atoms with Gasteiger partial charge in [-0.25, -0.2) is 13.2 Å². The predicted molar refractivity (Wildman–Crippen MR) is 49.1 cm³/mol. The molecule has 0 amide bonds. The Labute approximate surface area is 85.3 Å². The fraction of sp³-hybridized carbons (Fsp3) is 0.500. The van der Waals surface area contributed by atoms with Crippen molar-refractivity contribution in [1.29, 1.82) is 0 Å². The van der Waals surface area contributed by atoms with Crippen LogP contribution in [0.4, 0.5) is 13.2 Å². The fourth-order valence-corrected chi connectivity index (χ4v) is 2.12. The molecule has 2 N–H and O–H groups in total. The maximum Gasteiger partial charge on any atom is 0.250 e. The zero-order valence-electron chi connectivity index (χ0n) is 8.01. The molecular formula is C10H11F3N2. The van der Waals surface area contributed by atoms with Crippen LogP contribution in [0.2, 0.25) is 0 Å². The van der Waals surface area contributed by atoms with E-state index in [4.69, 9.17) is 5.73 Å². The van der Waals surface area contributed by atoms with Crippen LogP contribution in [-0.2, 0) is 5.41 Å². The summed E-state index contributed by atoms with van der Waals surface area (Å²) in [5.41, 5.74) is 4.54. The fourth-order valence-electron chi connectivity index (χ4n) is 2.12. The number of aromatic nitrogens is 1. The van der Waals surface area contributed by atoms with Gasteiger partial charge in [-0.05, 0) is 12.1 Å². The molecule has 0 atom stereocenters. The van der Waals surface area contributed by atoms with Crippen LogP contribution in [0.3, 0.4) is 0 Å². The highest BCUT2D eigenvalue weighted by Crippen LogP contribution is 2.52. The Morgan fingerprint density at radius 1 is 1.40 bits per heavy atom. The second-order valence-electron chi connectivity index (χ2n) is 4.03. The lowest BCUT2D eigenvalue weighted by atomic mass is 9.63. The summed E-state index contributed by atoms with van der Waals surface area (Å²) in [4.78, 5) is 3.82. The van der Waals surface area contributed by atoms with E-state index >= 15 is 0 Å². The van der Waals surface area contributed by atoms with Crippen molar-refractivity contribution in [2.45, 2.75) is 24.2 Å². The smallest absolute Gasteiger partial charge is 0.250 e. The maximum absolute atomic E-state index is 13.4. The summed E-state index contributed by atoms with van der Waals surface area (Å²) in [5.74, 6) is -3.29. The number of pyridine rings is 1. The summed E-state index contributed by atoms with van der Waals surface area (Å²) in [5, 5.41) is 0. The minimum absolute atomic E-state index is 0.00345. The lowest BCUT2D eigenvalue weighted by Crippen LogP contribution is -2.54. The van der Waals surface area contributed by atoms with Gasteiger partial charge in [0, 0.05) is 31.0 Å². The molecule has 0 aliphatic heterocycles. The van der Waals surface area contributed by atoms with E-state index in [1.54, 1.807) is 0 Å². The van der Waals surface area contributed by atoms with Crippen molar-refractivity contribution >= 4 is 0 Å². The first kappa shape index (κ1) is 10.4. The molecule has 1 heterocycles. The van der Waals surface area contributed by atoms with E-state index in [2.05, 4.69) is 4.98 Å². The van der Waals surface area contributed by atoms with Gasteiger partial charge in [-0.2, -0.15) is 0 Å². The number of hydrogen-bond donors (Lipinski definition) is 1. The van der Waals surface area contributed by atoms with Crippen molar-refractivity contribution in [3.63, 3.8) is 0 Å². The molecule has 0 radical (unpaired) electrons. The van der Waals surface area contributed by atoms with Crippen LogP contribution >= 0.6 is 0 Å². The number of alkyl halides is 2. The minimum Gasteiger partial charge on any atom is -0.330 e. The van der Waals surface area contributed by atoms with Crippen molar-refractivity contribution in [2.75, 3.05) is 6.54 Å². The molecule has 1 fully saturated rings. The van der Waals surface area contributed by atoms with E-state index in [0.717, 1.165) is 0 Å². The van der Waals surface area contributed by atoms with Crippen molar-refractivity contribution in [3.8, 4) is 0 Å². The average Bonchev–Trinajstić information content (AvgIpc) is 2.14. The summed E-state index contributed by atoms with van der Waals surface area (Å²) in [6.45, 7) is -0.00345. The highest BCUT2D eigenvalue weighted by atomic mass is 19.3. The van der Waals surface area contributed by atoms with Gasteiger partial charge in [0.05, 0.1) is 5.69 Å². The van der Waals surface area contributed by atoms with Gasteiger partial charge in [-0.15, -0.1) is 0 Å². The molecule has 0 spiro atoms. The summed E-state index contributed by atoms with van der Waals surface area (Å²) < 4.78 is 39.0. The Bertz CT molecular complexity index is 371. The van der Waals surface area contributed by atoms with Gasteiger partial charge in [0.1, 0.15) is 5.82 Å². The Hall–Kier alpha value is -1.10. The van der Waals surface area contributed by atoms with Crippen molar-refractivity contribution in [1.82, 2.24) is 4.98 Å². The Kier molecular flexibility index (Phi) is 2.22. The largest absolute Gasteiger partial charge is 0.330 e. The quantitative estimate of drug-likeness (QED) is 0.819. The molecule has 1 aromatic rings. The molecule has 2 nitrogen and oxygen atoms in total. The third-order valence-electron chi connectivity index (χ3n) is 2.85. The number of halogens is 3. The molecule has 82 valence electrons. The lowest BCUT2D eigenvalue weighted by molar-refractivity contribution is -0.125. The summed E-state index contributed by atoms with van der Waals surface area (Å²) in [6, 6.07) is 2.65. The van der Waals surface area contributed by atoms with Gasteiger partial charge in [0.15, 0.2) is 0 Å². The topological polar surface area (TPSA) is 38.9 Å². The van der Waals surface area contributed by atoms with E-state index in [0.29, 0.717) is 0 Å². The Morgan fingerprint density at radius 2 is 2.07 bits per heavy atom. The third-order valence-corrected chi connectivity index (χ3v) is 2.85. The van der Waals surface area contributed by atoms with Crippen LogP contribution in [0, 0.1) is 5.82 Å². The Morgan fingerprint density at radius 3 is 2.53 bits per heavy atom. The molecule has 15 heavy (non-hydrogen) atoms. The second kappa shape index (κ2) is 3.20. The van der Waals surface area contributed by atoms with Crippen LogP contribution < -0.4 is 5.73 Å². The normalized spacial score (nSPS) is 22.1. The molecule has 2 rings (SSSR count). The van der Waals surface area contributed by atoms with Crippen LogP contribution in [-0.4, -0.2) is 17.5 Å². The molecule has 0 aromatic carbocycles. The molecule has 1 aliphatic carbocycles. The SMILES string of the molecule is NCC1(c2ncccc2F)CC(F)(F)C1. The number of nitrogens with two attached hydrogens (primary N) is 1. The first-order valence-corrected chi connectivity index (χ1v) is 4.68. The van der Waals surface area contributed by atoms with Crippen LogP contribution in [0.25, 0.3) is 0 Å². The maximum atomic E-state index is 13.4. The molecule has 1 aliphatic rings. The zero-order chi connectivity index (χ0) is 11.1. The average molecular weight is 216 g/mol. The van der Waals surface area contributed by atoms with Gasteiger partial charge in [-0.3, -0.25) is 4.98 Å². The lowest BCUT2D eigenvalue weighted by Gasteiger charge is -2.46. The monoisotopic (exact) mass is 216 g/mol. The number of nitrogens with zero attached hydrogens (tertiary/aromatic N) is 1. The molecule has 0 unspecified atom stereocenters. The minimum atomic E-state index is -2.73. The molecule has 1 saturated carbocycles. The molecule has 1 aromatic heterocycles. The molecule has 0 saturated heterocycles. The van der Waals surface area contributed by atoms with Crippen molar-refractivity contribution in [3.05, 3.63) is 29.8 Å². The number of hydrogen-bond acceptors (Lipinski definition) is 2. The third kappa shape index (κ3) is 1.61. The first-order chi connectivity index (χ1) is 6.99. The number of rotatable bonds is 2. The molecular weight excluding hydrogens is 205 g/mol. The Balaban J connectivity index is 2.34. The van der Waals surface area contributed by atoms with E-state index in [-0.39, 0.29) is 12.2 Å². The summed E-state index contributed by atoms with van der Waals surface area (Å²) in [6.07, 6.45) is 0.571. The summed E-state index contributed by atoms with van der Waals surface area (Å²) >= 11 is 0. The van der Waals surface area contributed by atoms with Gasteiger partial charge in [0.2, 0.25) is 5.92 Å². The van der Waals surface area contributed by atoms with E-state index in [1.807, 2.05) is 0 Å². The highest BCUT2D eigenvalue weighted by Gasteiger charge is 2.58. The molecule has 0 bridgehead atoms. The van der Waals surface area contributed by atoms with E-state index in [1.165, 1.54) is 18.3 Å². The summed E-state index contributed by atoms with van der Waals surface area (Å²) in [7, 11) is 0. The van der Waals surface area contributed by atoms with Gasteiger partial charge in [-0.1, -0.05) is 0 Å². The van der Waals surface area contributed by atoms with Crippen molar-refractivity contribution < 1.29 is 13.2 Å². The van der Waals surface area contributed by atoms with E-state index < -0.39 is 30.0 Å². The van der Waals surface area contributed by atoms with Gasteiger partial charge in [0.25, 0.3) is 0 Å². The first-order valence-electron chi connectivity index (χ1n) is 4.68. The van der Waals surface area contributed by atoms with Crippen LogP contribution in [0.5, 0.6) is 0 Å². The van der Waals surface area contributed by atoms with Gasteiger partial charge >= 0.3 is 0 Å². The van der Waals surface area contributed by atoms with Crippen LogP contribution in [0.15, 0.2) is 18.3 Å². The van der Waals surface area contributed by atoms with E-state index in [9.17, 15) is 13.2 Å². The predicted octanol–water partition coefficient (Wildman–Crippen LogP) is 1.85. The second-order valence-corrected chi connectivity index (χ2v) is 4.03. The highest BCUT2D eigenvalue weighted by molar-refractivity contribution is 5.26. The van der Waals surface area contributed by atoms with Crippen molar-refractivity contribution in [2.24, 2.45) is 5.73 Å². The van der Waals surface area contributed by atoms with Gasteiger partial charge < -0.3 is 5.73 Å². The standard InChI is InChI=1S/C10H11F3N2/c11-7-2-1-3-15-8(7)9(6-14)4-10(12,13)5-9/h1-3H,4-6,14H2. The zero-order valence-corrected chi connectivity index (χ0v) is 8.01.